The van der Waals surface area contributed by atoms with Crippen LogP contribution in [0.1, 0.15) is 45.9 Å². The number of rotatable bonds is 3. The average Bonchev–Trinajstić information content (AvgIpc) is 3.03. The number of fused-ring (bicyclic) bond motifs is 3. The number of hydrogen-bond acceptors (Lipinski definition) is 3. The van der Waals surface area contributed by atoms with Crippen LogP contribution in [0.4, 0.5) is 0 Å². The minimum atomic E-state index is 0.415. The summed E-state index contributed by atoms with van der Waals surface area (Å²) in [5.74, 6) is 1.88. The van der Waals surface area contributed by atoms with Crippen LogP contribution in [0.15, 0.2) is 24.4 Å². The van der Waals surface area contributed by atoms with Crippen LogP contribution in [0.3, 0.4) is 0 Å². The van der Waals surface area contributed by atoms with Crippen LogP contribution >= 0.6 is 0 Å². The van der Waals surface area contributed by atoms with Gasteiger partial charge in [0, 0.05) is 12.2 Å². The summed E-state index contributed by atoms with van der Waals surface area (Å²) < 4.78 is 2.08. The molecule has 112 valence electrons. The summed E-state index contributed by atoms with van der Waals surface area (Å²) in [5.41, 5.74) is 1.80. The van der Waals surface area contributed by atoms with Crippen LogP contribution < -0.4 is 5.32 Å². The Kier molecular flexibility index (Phi) is 2.71. The highest BCUT2D eigenvalue weighted by Crippen LogP contribution is 2.65. The fraction of sp³-hybridized carbons (Fsp3) is 0.647. The van der Waals surface area contributed by atoms with E-state index in [2.05, 4.69) is 40.7 Å². The van der Waals surface area contributed by atoms with Gasteiger partial charge in [-0.1, -0.05) is 26.8 Å². The van der Waals surface area contributed by atoms with Crippen molar-refractivity contribution in [2.24, 2.45) is 16.7 Å². The van der Waals surface area contributed by atoms with Crippen molar-refractivity contribution in [1.82, 2.24) is 19.9 Å². The third kappa shape index (κ3) is 1.71. The molecule has 4 nitrogen and oxygen atoms in total. The first-order chi connectivity index (χ1) is 10.0. The molecule has 4 heteroatoms. The summed E-state index contributed by atoms with van der Waals surface area (Å²) in [6.07, 6.45) is 6.09. The van der Waals surface area contributed by atoms with E-state index < -0.39 is 0 Å². The highest BCUT2D eigenvalue weighted by molar-refractivity contribution is 5.37. The number of hydrogen-bond donors (Lipinski definition) is 1. The van der Waals surface area contributed by atoms with Crippen molar-refractivity contribution in [2.45, 2.75) is 52.6 Å². The predicted molar refractivity (Wildman–Crippen MR) is 82.8 cm³/mol. The van der Waals surface area contributed by atoms with Gasteiger partial charge in [0.05, 0.1) is 6.54 Å². The quantitative estimate of drug-likeness (QED) is 0.942. The van der Waals surface area contributed by atoms with E-state index in [0.717, 1.165) is 23.9 Å². The maximum Gasteiger partial charge on any atom is 0.160 e. The molecule has 2 saturated carbocycles. The number of nitrogens with one attached hydrogen (secondary N) is 1. The first-order valence-electron chi connectivity index (χ1n) is 8.04. The Labute approximate surface area is 126 Å². The van der Waals surface area contributed by atoms with Gasteiger partial charge < -0.3 is 5.32 Å². The second-order valence-electron chi connectivity index (χ2n) is 7.59. The summed E-state index contributed by atoms with van der Waals surface area (Å²) >= 11 is 0. The molecule has 0 amide bonds. The van der Waals surface area contributed by atoms with E-state index in [4.69, 9.17) is 0 Å². The largest absolute Gasteiger partial charge is 0.306 e. The van der Waals surface area contributed by atoms with Gasteiger partial charge in [0.25, 0.3) is 0 Å². The van der Waals surface area contributed by atoms with Crippen LogP contribution in [-0.2, 0) is 6.54 Å². The van der Waals surface area contributed by atoms with Crippen molar-refractivity contribution >= 4 is 5.65 Å². The molecular weight excluding hydrogens is 260 g/mol. The predicted octanol–water partition coefficient (Wildman–Crippen LogP) is 3.03. The Morgan fingerprint density at radius 2 is 2.14 bits per heavy atom. The van der Waals surface area contributed by atoms with Gasteiger partial charge in [0.15, 0.2) is 11.5 Å². The maximum absolute atomic E-state index is 4.33. The smallest absolute Gasteiger partial charge is 0.160 e. The van der Waals surface area contributed by atoms with Gasteiger partial charge in [-0.3, -0.25) is 4.40 Å². The van der Waals surface area contributed by atoms with E-state index in [1.807, 2.05) is 24.4 Å². The summed E-state index contributed by atoms with van der Waals surface area (Å²) in [5, 5.41) is 12.3. The molecule has 0 aromatic carbocycles. The fourth-order valence-electron chi connectivity index (χ4n) is 4.74. The second-order valence-corrected chi connectivity index (χ2v) is 7.59. The van der Waals surface area contributed by atoms with E-state index in [1.165, 1.54) is 19.3 Å². The molecule has 2 heterocycles. The van der Waals surface area contributed by atoms with E-state index in [1.54, 1.807) is 0 Å². The van der Waals surface area contributed by atoms with Crippen molar-refractivity contribution in [3.63, 3.8) is 0 Å². The van der Waals surface area contributed by atoms with Crippen LogP contribution in [-0.4, -0.2) is 20.6 Å². The molecule has 0 spiro atoms. The standard InChI is InChI=1S/C17H24N4/c1-16(2)12-7-8-17(16,3)13(10-12)18-11-15-20-19-14-6-4-5-9-21(14)15/h4-6,9,12-13,18H,7-8,10-11H2,1-3H3. The maximum atomic E-state index is 4.33. The van der Waals surface area contributed by atoms with Gasteiger partial charge in [-0.05, 0) is 48.1 Å². The fourth-order valence-corrected chi connectivity index (χ4v) is 4.74. The van der Waals surface area contributed by atoms with Crippen molar-refractivity contribution in [3.05, 3.63) is 30.2 Å². The third-order valence-electron chi connectivity index (χ3n) is 6.68. The Morgan fingerprint density at radius 1 is 1.29 bits per heavy atom. The van der Waals surface area contributed by atoms with E-state index in [-0.39, 0.29) is 0 Å². The molecule has 2 aliphatic rings. The van der Waals surface area contributed by atoms with E-state index >= 15 is 0 Å². The highest BCUT2D eigenvalue weighted by atomic mass is 15.3. The van der Waals surface area contributed by atoms with Crippen molar-refractivity contribution < 1.29 is 0 Å². The molecule has 0 aliphatic heterocycles. The van der Waals surface area contributed by atoms with Gasteiger partial charge in [0.1, 0.15) is 0 Å². The van der Waals surface area contributed by atoms with E-state index in [9.17, 15) is 0 Å². The first-order valence-corrected chi connectivity index (χ1v) is 8.04. The zero-order valence-electron chi connectivity index (χ0n) is 13.1. The zero-order chi connectivity index (χ0) is 14.7. The first kappa shape index (κ1) is 13.3. The minimum absolute atomic E-state index is 0.415. The van der Waals surface area contributed by atoms with Gasteiger partial charge in [-0.2, -0.15) is 0 Å². The molecule has 21 heavy (non-hydrogen) atoms. The molecule has 2 aliphatic carbocycles. The highest BCUT2D eigenvalue weighted by Gasteiger charge is 2.60. The zero-order valence-corrected chi connectivity index (χ0v) is 13.1. The third-order valence-corrected chi connectivity index (χ3v) is 6.68. The number of aromatic nitrogens is 3. The molecule has 2 aromatic heterocycles. The summed E-state index contributed by atoms with van der Waals surface area (Å²) in [7, 11) is 0. The number of pyridine rings is 1. The van der Waals surface area contributed by atoms with Gasteiger partial charge in [-0.15, -0.1) is 10.2 Å². The minimum Gasteiger partial charge on any atom is -0.306 e. The lowest BCUT2D eigenvalue weighted by molar-refractivity contribution is 0.120. The van der Waals surface area contributed by atoms with Crippen molar-refractivity contribution in [2.75, 3.05) is 0 Å². The van der Waals surface area contributed by atoms with Crippen molar-refractivity contribution in [1.29, 1.82) is 0 Å². The second kappa shape index (κ2) is 4.29. The molecule has 0 saturated heterocycles. The van der Waals surface area contributed by atoms with Crippen LogP contribution in [0.2, 0.25) is 0 Å². The molecule has 4 rings (SSSR count). The SMILES string of the molecule is CC1(C)C2CCC1(C)C(NCc1nnc3ccccn13)C2. The van der Waals surface area contributed by atoms with Gasteiger partial charge >= 0.3 is 0 Å². The van der Waals surface area contributed by atoms with E-state index in [0.29, 0.717) is 16.9 Å². The lowest BCUT2D eigenvalue weighted by atomic mass is 9.69. The monoisotopic (exact) mass is 284 g/mol. The topological polar surface area (TPSA) is 42.2 Å². The molecule has 2 fully saturated rings. The normalized spacial score (nSPS) is 33.9. The van der Waals surface area contributed by atoms with Crippen LogP contribution in [0.25, 0.3) is 5.65 Å². The molecule has 3 unspecified atom stereocenters. The lowest BCUT2D eigenvalue weighted by Crippen LogP contribution is -2.44. The molecule has 3 atom stereocenters. The van der Waals surface area contributed by atoms with Crippen LogP contribution in [0, 0.1) is 16.7 Å². The molecular formula is C17H24N4. The summed E-state index contributed by atoms with van der Waals surface area (Å²) in [6.45, 7) is 8.19. The lowest BCUT2D eigenvalue weighted by Gasteiger charge is -2.39. The Hall–Kier alpha value is -1.42. The van der Waals surface area contributed by atoms with Crippen LogP contribution in [0.5, 0.6) is 0 Å². The average molecular weight is 284 g/mol. The van der Waals surface area contributed by atoms with Gasteiger partial charge in [-0.25, -0.2) is 0 Å². The molecule has 2 bridgehead atoms. The Bertz CT molecular complexity index is 674. The molecule has 2 aromatic rings. The summed E-state index contributed by atoms with van der Waals surface area (Å²) in [6, 6.07) is 6.63. The Morgan fingerprint density at radius 3 is 2.86 bits per heavy atom. The van der Waals surface area contributed by atoms with Gasteiger partial charge in [0.2, 0.25) is 0 Å². The molecule has 1 N–H and O–H groups in total. The number of nitrogens with zero attached hydrogens (tertiary/aromatic N) is 3. The Balaban J connectivity index is 1.53. The van der Waals surface area contributed by atoms with Crippen molar-refractivity contribution in [3.8, 4) is 0 Å². The molecule has 0 radical (unpaired) electrons. The summed E-state index contributed by atoms with van der Waals surface area (Å²) in [4.78, 5) is 0.